The monoisotopic (exact) mass is 351 g/mol. The lowest BCUT2D eigenvalue weighted by Crippen LogP contribution is -2.55. The van der Waals surface area contributed by atoms with E-state index in [1.807, 2.05) is 9.80 Å². The first-order chi connectivity index (χ1) is 12.2. The second kappa shape index (κ2) is 7.11. The average molecular weight is 351 g/mol. The van der Waals surface area contributed by atoms with Gasteiger partial charge in [0.1, 0.15) is 0 Å². The van der Waals surface area contributed by atoms with Gasteiger partial charge < -0.3 is 24.2 Å². The Morgan fingerprint density at radius 3 is 2.40 bits per heavy atom. The number of hydrogen-bond donors (Lipinski definition) is 0. The van der Waals surface area contributed by atoms with E-state index >= 15 is 0 Å². The number of rotatable bonds is 1. The molecule has 7 heteroatoms. The number of carbonyl (C=O) groups is 2. The highest BCUT2D eigenvalue weighted by Gasteiger charge is 2.51. The van der Waals surface area contributed by atoms with E-state index in [2.05, 4.69) is 4.90 Å². The van der Waals surface area contributed by atoms with E-state index < -0.39 is 0 Å². The Morgan fingerprint density at radius 2 is 1.64 bits per heavy atom. The first kappa shape index (κ1) is 17.1. The fourth-order valence-electron chi connectivity index (χ4n) is 4.82. The van der Waals surface area contributed by atoms with Gasteiger partial charge in [-0.1, -0.05) is 0 Å². The maximum absolute atomic E-state index is 13.3. The number of nitrogens with zero attached hydrogens (tertiary/aromatic N) is 3. The molecule has 25 heavy (non-hydrogen) atoms. The molecule has 4 rings (SSSR count). The number of carbonyl (C=O) groups excluding carboxylic acids is 2. The summed E-state index contributed by atoms with van der Waals surface area (Å²) >= 11 is 0. The minimum Gasteiger partial charge on any atom is -0.381 e. The van der Waals surface area contributed by atoms with Gasteiger partial charge in [0.05, 0.1) is 18.6 Å². The van der Waals surface area contributed by atoms with E-state index in [1.165, 1.54) is 0 Å². The fourth-order valence-corrected chi connectivity index (χ4v) is 4.82. The van der Waals surface area contributed by atoms with Crippen LogP contribution in [0.15, 0.2) is 0 Å². The summed E-state index contributed by atoms with van der Waals surface area (Å²) in [4.78, 5) is 32.0. The summed E-state index contributed by atoms with van der Waals surface area (Å²) in [5.74, 6) is 0.280. The number of hydrogen-bond acceptors (Lipinski definition) is 4. The molecule has 4 fully saturated rings. The van der Waals surface area contributed by atoms with Gasteiger partial charge in [-0.3, -0.25) is 4.79 Å². The maximum atomic E-state index is 13.3. The lowest BCUT2D eigenvalue weighted by Gasteiger charge is -2.44. The topological polar surface area (TPSA) is 62.3 Å². The number of ether oxygens (including phenoxy) is 2. The van der Waals surface area contributed by atoms with Crippen LogP contribution in [-0.4, -0.2) is 91.8 Å². The Labute approximate surface area is 149 Å². The van der Waals surface area contributed by atoms with E-state index in [1.54, 1.807) is 0 Å². The molecule has 4 aliphatic heterocycles. The summed E-state index contributed by atoms with van der Waals surface area (Å²) in [6, 6.07) is 0.401. The van der Waals surface area contributed by atoms with Gasteiger partial charge in [0, 0.05) is 52.0 Å². The van der Waals surface area contributed by atoms with Gasteiger partial charge in [-0.15, -0.1) is 0 Å². The zero-order valence-corrected chi connectivity index (χ0v) is 15.0. The van der Waals surface area contributed by atoms with Crippen molar-refractivity contribution in [2.45, 2.75) is 38.1 Å². The molecule has 0 aliphatic carbocycles. The molecule has 0 aromatic rings. The predicted molar refractivity (Wildman–Crippen MR) is 91.2 cm³/mol. The second-order valence-corrected chi connectivity index (χ2v) is 7.78. The van der Waals surface area contributed by atoms with Crippen LogP contribution in [0.1, 0.15) is 32.1 Å². The Kier molecular flexibility index (Phi) is 4.86. The third kappa shape index (κ3) is 3.24. The standard InChI is InChI=1S/C18H29N3O4/c22-16-18(4-1-6-21(16)15-2-10-24-11-3-15)5-7-20(14-18)17(23)19-8-12-25-13-9-19/h15H,1-14H2/t18-/m1/s1. The Hall–Kier alpha value is -1.34. The van der Waals surface area contributed by atoms with Gasteiger partial charge in [-0.2, -0.15) is 0 Å². The van der Waals surface area contributed by atoms with Crippen molar-refractivity contribution < 1.29 is 19.1 Å². The van der Waals surface area contributed by atoms with E-state index in [-0.39, 0.29) is 17.4 Å². The summed E-state index contributed by atoms with van der Waals surface area (Å²) in [5, 5.41) is 0. The van der Waals surface area contributed by atoms with Crippen LogP contribution in [0.5, 0.6) is 0 Å². The predicted octanol–water partition coefficient (Wildman–Crippen LogP) is 0.932. The summed E-state index contributed by atoms with van der Waals surface area (Å²) in [6.07, 6.45) is 4.65. The Balaban J connectivity index is 1.42. The van der Waals surface area contributed by atoms with Crippen LogP contribution in [0, 0.1) is 5.41 Å². The third-order valence-corrected chi connectivity index (χ3v) is 6.31. The van der Waals surface area contributed by atoms with Gasteiger partial charge in [0.2, 0.25) is 5.91 Å². The number of urea groups is 1. The SMILES string of the molecule is O=C(N1CCOCC1)N1CC[C@]2(CCCN(C3CCOCC3)C2=O)C1. The molecule has 0 bridgehead atoms. The average Bonchev–Trinajstić information content (AvgIpc) is 3.10. The van der Waals surface area contributed by atoms with Crippen LogP contribution in [0.4, 0.5) is 4.79 Å². The van der Waals surface area contributed by atoms with Gasteiger partial charge in [-0.05, 0) is 32.1 Å². The van der Waals surface area contributed by atoms with Crippen molar-refractivity contribution in [2.24, 2.45) is 5.41 Å². The van der Waals surface area contributed by atoms with Crippen molar-refractivity contribution in [2.75, 3.05) is 59.2 Å². The second-order valence-electron chi connectivity index (χ2n) is 7.78. The molecule has 1 spiro atoms. The van der Waals surface area contributed by atoms with Crippen molar-refractivity contribution >= 4 is 11.9 Å². The highest BCUT2D eigenvalue weighted by molar-refractivity contribution is 5.86. The molecule has 4 aliphatic rings. The molecule has 0 aromatic carbocycles. The molecule has 4 heterocycles. The first-order valence-electron chi connectivity index (χ1n) is 9.70. The van der Waals surface area contributed by atoms with E-state index in [0.29, 0.717) is 45.4 Å². The van der Waals surface area contributed by atoms with Crippen molar-refractivity contribution in [3.63, 3.8) is 0 Å². The summed E-state index contributed by atoms with van der Waals surface area (Å²) in [7, 11) is 0. The molecular formula is C18H29N3O4. The van der Waals surface area contributed by atoms with E-state index in [9.17, 15) is 9.59 Å². The van der Waals surface area contributed by atoms with Crippen LogP contribution < -0.4 is 0 Å². The van der Waals surface area contributed by atoms with Gasteiger partial charge in [-0.25, -0.2) is 4.79 Å². The first-order valence-corrected chi connectivity index (χ1v) is 9.70. The van der Waals surface area contributed by atoms with Crippen LogP contribution in [0.25, 0.3) is 0 Å². The molecule has 3 amide bonds. The zero-order valence-electron chi connectivity index (χ0n) is 15.0. The van der Waals surface area contributed by atoms with Crippen LogP contribution in [-0.2, 0) is 14.3 Å². The molecule has 0 aromatic heterocycles. The number of likely N-dealkylation sites (tertiary alicyclic amines) is 2. The highest BCUT2D eigenvalue weighted by Crippen LogP contribution is 2.41. The van der Waals surface area contributed by atoms with Crippen LogP contribution in [0.3, 0.4) is 0 Å². The van der Waals surface area contributed by atoms with E-state index in [4.69, 9.17) is 9.47 Å². The smallest absolute Gasteiger partial charge is 0.320 e. The van der Waals surface area contributed by atoms with Gasteiger partial charge in [0.15, 0.2) is 0 Å². The quantitative estimate of drug-likeness (QED) is 0.705. The molecule has 0 saturated carbocycles. The lowest BCUT2D eigenvalue weighted by molar-refractivity contribution is -0.150. The van der Waals surface area contributed by atoms with Crippen molar-refractivity contribution in [3.8, 4) is 0 Å². The lowest BCUT2D eigenvalue weighted by atomic mass is 9.77. The molecule has 1 atom stereocenters. The minimum absolute atomic E-state index is 0.0798. The Morgan fingerprint density at radius 1 is 0.920 bits per heavy atom. The molecule has 140 valence electrons. The van der Waals surface area contributed by atoms with Crippen LogP contribution >= 0.6 is 0 Å². The van der Waals surface area contributed by atoms with Gasteiger partial charge in [0.25, 0.3) is 0 Å². The minimum atomic E-state index is -0.349. The molecular weight excluding hydrogens is 322 g/mol. The fraction of sp³-hybridized carbons (Fsp3) is 0.889. The number of piperidine rings is 1. The maximum Gasteiger partial charge on any atom is 0.320 e. The summed E-state index contributed by atoms with van der Waals surface area (Å²) in [6.45, 7) is 6.19. The number of morpholine rings is 1. The zero-order chi connectivity index (χ0) is 17.3. The van der Waals surface area contributed by atoms with Gasteiger partial charge >= 0.3 is 6.03 Å². The Bertz CT molecular complexity index is 516. The van der Waals surface area contributed by atoms with Crippen LogP contribution in [0.2, 0.25) is 0 Å². The largest absolute Gasteiger partial charge is 0.381 e. The van der Waals surface area contributed by atoms with Crippen molar-refractivity contribution in [1.29, 1.82) is 0 Å². The molecule has 0 radical (unpaired) electrons. The highest BCUT2D eigenvalue weighted by atomic mass is 16.5. The third-order valence-electron chi connectivity index (χ3n) is 6.31. The molecule has 7 nitrogen and oxygen atoms in total. The summed E-state index contributed by atoms with van der Waals surface area (Å²) in [5.41, 5.74) is -0.349. The molecule has 4 saturated heterocycles. The normalized spacial score (nSPS) is 31.8. The molecule has 0 N–H and O–H groups in total. The van der Waals surface area contributed by atoms with Crippen molar-refractivity contribution in [1.82, 2.24) is 14.7 Å². The number of amides is 3. The van der Waals surface area contributed by atoms with E-state index in [0.717, 1.165) is 51.9 Å². The van der Waals surface area contributed by atoms with Crippen molar-refractivity contribution in [3.05, 3.63) is 0 Å². The summed E-state index contributed by atoms with van der Waals surface area (Å²) < 4.78 is 10.8. The molecule has 0 unspecified atom stereocenters.